The molecule has 1 aliphatic carbocycles. The van der Waals surface area contributed by atoms with Crippen LogP contribution in [0.5, 0.6) is 0 Å². The van der Waals surface area contributed by atoms with Gasteiger partial charge in [-0.25, -0.2) is 0 Å². The summed E-state index contributed by atoms with van der Waals surface area (Å²) in [6.07, 6.45) is 5.04. The van der Waals surface area contributed by atoms with Crippen LogP contribution in [0.3, 0.4) is 0 Å². The van der Waals surface area contributed by atoms with Gasteiger partial charge in [-0.15, -0.1) is 0 Å². The highest BCUT2D eigenvalue weighted by atomic mass is 16.3. The van der Waals surface area contributed by atoms with Gasteiger partial charge >= 0.3 is 0 Å². The smallest absolute Gasteiger partial charge is 0.0581 e. The molecule has 1 heterocycles. The lowest BCUT2D eigenvalue weighted by atomic mass is 9.90. The Balaban J connectivity index is 2.04. The summed E-state index contributed by atoms with van der Waals surface area (Å²) in [6, 6.07) is 3.28. The molecule has 0 atom stereocenters. The Morgan fingerprint density at radius 3 is 2.90 bits per heavy atom. The Kier molecular flexibility index (Phi) is 1.24. The van der Waals surface area contributed by atoms with Crippen LogP contribution in [0.1, 0.15) is 18.9 Å². The average molecular weight is 137 g/mol. The van der Waals surface area contributed by atoms with E-state index >= 15 is 0 Å². The van der Waals surface area contributed by atoms with Crippen LogP contribution in [0.4, 0.5) is 0 Å². The lowest BCUT2D eigenvalue weighted by Gasteiger charge is -2.31. The summed E-state index contributed by atoms with van der Waals surface area (Å²) in [4.78, 5) is 0. The van der Waals surface area contributed by atoms with Gasteiger partial charge in [0.1, 0.15) is 0 Å². The van der Waals surface area contributed by atoms with Crippen molar-refractivity contribution < 1.29 is 5.11 Å². The highest BCUT2D eigenvalue weighted by Crippen LogP contribution is 2.30. The number of aliphatic hydroxyl groups is 1. The van der Waals surface area contributed by atoms with Crippen molar-refractivity contribution in [3.8, 4) is 0 Å². The Morgan fingerprint density at radius 2 is 2.40 bits per heavy atom. The molecule has 1 aliphatic rings. The predicted octanol–water partition coefficient (Wildman–Crippen LogP) is 0.379. The van der Waals surface area contributed by atoms with Gasteiger partial charge in [-0.05, 0) is 12.8 Å². The maximum absolute atomic E-state index is 8.97. The van der Waals surface area contributed by atoms with Gasteiger partial charge in [-0.3, -0.25) is 4.68 Å². The maximum Gasteiger partial charge on any atom is 0.0581 e. The summed E-state index contributed by atoms with van der Waals surface area (Å²) in [5.74, 6) is 0. The topological polar surface area (TPSA) is 38.0 Å². The normalized spacial score (nSPS) is 31.7. The third-order valence-electron chi connectivity index (χ3n) is 1.93. The Morgan fingerprint density at radius 1 is 1.60 bits per heavy atom. The molecule has 0 aromatic carbocycles. The van der Waals surface area contributed by atoms with Crippen molar-refractivity contribution in [3.05, 3.63) is 18.5 Å². The van der Waals surface area contributed by atoms with Crippen molar-refractivity contribution in [2.45, 2.75) is 25.0 Å². The van der Waals surface area contributed by atoms with E-state index in [2.05, 4.69) is 11.2 Å². The first-order valence-corrected chi connectivity index (χ1v) is 3.44. The molecule has 0 amide bonds. The van der Waals surface area contributed by atoms with E-state index in [0.29, 0.717) is 6.04 Å². The fourth-order valence-corrected chi connectivity index (χ4v) is 1.22. The Labute approximate surface area is 59.3 Å². The van der Waals surface area contributed by atoms with Crippen LogP contribution in [-0.4, -0.2) is 21.0 Å². The zero-order chi connectivity index (χ0) is 6.97. The minimum Gasteiger partial charge on any atom is -0.393 e. The number of rotatable bonds is 1. The number of aliphatic hydroxyl groups excluding tert-OH is 1. The molecule has 1 N–H and O–H groups in total. The first-order valence-electron chi connectivity index (χ1n) is 3.44. The highest BCUT2D eigenvalue weighted by molar-refractivity contribution is 4.87. The molecule has 10 heavy (non-hydrogen) atoms. The third-order valence-corrected chi connectivity index (χ3v) is 1.93. The second-order valence-corrected chi connectivity index (χ2v) is 2.70. The van der Waals surface area contributed by atoms with Gasteiger partial charge in [0.05, 0.1) is 18.3 Å². The number of hydrogen-bond donors (Lipinski definition) is 1. The molecule has 1 radical (unpaired) electrons. The molecular formula is C7H9N2O. The largest absolute Gasteiger partial charge is 0.393 e. The van der Waals surface area contributed by atoms with Gasteiger partial charge in [-0.2, -0.15) is 5.10 Å². The number of hydrogen-bond acceptors (Lipinski definition) is 2. The van der Waals surface area contributed by atoms with Crippen LogP contribution in [0.25, 0.3) is 0 Å². The average Bonchev–Trinajstić information content (AvgIpc) is 2.31. The molecule has 3 heteroatoms. The van der Waals surface area contributed by atoms with E-state index in [1.165, 1.54) is 0 Å². The zero-order valence-corrected chi connectivity index (χ0v) is 5.57. The zero-order valence-electron chi connectivity index (χ0n) is 5.57. The molecule has 2 rings (SSSR count). The van der Waals surface area contributed by atoms with Crippen LogP contribution in [0, 0.1) is 6.07 Å². The standard InChI is InChI=1S/C7H9N2O/c10-7-4-6(5-7)9-3-1-2-8-9/h2-3,6-7,10H,4-5H2. The van der Waals surface area contributed by atoms with Gasteiger partial charge in [0.25, 0.3) is 0 Å². The van der Waals surface area contributed by atoms with Crippen molar-refractivity contribution in [1.82, 2.24) is 9.78 Å². The minimum absolute atomic E-state index is 0.103. The molecule has 0 bridgehead atoms. The molecule has 0 unspecified atom stereocenters. The third kappa shape index (κ3) is 0.827. The molecule has 0 saturated heterocycles. The van der Waals surface area contributed by atoms with Gasteiger partial charge in [0.15, 0.2) is 0 Å². The molecule has 0 spiro atoms. The van der Waals surface area contributed by atoms with Gasteiger partial charge in [0.2, 0.25) is 0 Å². The van der Waals surface area contributed by atoms with Crippen molar-refractivity contribution in [1.29, 1.82) is 0 Å². The van der Waals surface area contributed by atoms with Crippen molar-refractivity contribution in [2.75, 3.05) is 0 Å². The van der Waals surface area contributed by atoms with Crippen molar-refractivity contribution >= 4 is 0 Å². The molecule has 1 aromatic heterocycles. The molecular weight excluding hydrogens is 128 g/mol. The van der Waals surface area contributed by atoms with E-state index in [-0.39, 0.29) is 6.10 Å². The molecule has 1 fully saturated rings. The van der Waals surface area contributed by atoms with E-state index in [1.54, 1.807) is 6.20 Å². The van der Waals surface area contributed by atoms with Crippen LogP contribution >= 0.6 is 0 Å². The molecule has 1 aromatic rings. The summed E-state index contributed by atoms with van der Waals surface area (Å²) < 4.78 is 1.85. The number of aromatic nitrogens is 2. The first kappa shape index (κ1) is 5.92. The minimum atomic E-state index is -0.103. The second-order valence-electron chi connectivity index (χ2n) is 2.70. The van der Waals surface area contributed by atoms with E-state index < -0.39 is 0 Å². The lowest BCUT2D eigenvalue weighted by Crippen LogP contribution is -2.30. The van der Waals surface area contributed by atoms with Gasteiger partial charge in [-0.1, -0.05) is 0 Å². The molecule has 0 aliphatic heterocycles. The van der Waals surface area contributed by atoms with E-state index in [0.717, 1.165) is 12.8 Å². The van der Waals surface area contributed by atoms with Crippen molar-refractivity contribution in [3.63, 3.8) is 0 Å². The summed E-state index contributed by atoms with van der Waals surface area (Å²) in [5.41, 5.74) is 0. The van der Waals surface area contributed by atoms with Crippen LogP contribution in [-0.2, 0) is 0 Å². The van der Waals surface area contributed by atoms with Gasteiger partial charge in [0, 0.05) is 12.3 Å². The first-order chi connectivity index (χ1) is 4.86. The lowest BCUT2D eigenvalue weighted by molar-refractivity contribution is 0.0434. The number of nitrogens with zero attached hydrogens (tertiary/aromatic N) is 2. The van der Waals surface area contributed by atoms with Gasteiger partial charge < -0.3 is 5.11 Å². The van der Waals surface area contributed by atoms with E-state index in [9.17, 15) is 0 Å². The monoisotopic (exact) mass is 137 g/mol. The molecule has 1 saturated carbocycles. The predicted molar refractivity (Wildman–Crippen MR) is 35.3 cm³/mol. The molecule has 3 nitrogen and oxygen atoms in total. The Bertz CT molecular complexity index is 201. The summed E-state index contributed by atoms with van der Waals surface area (Å²) in [6.45, 7) is 0. The van der Waals surface area contributed by atoms with Crippen LogP contribution < -0.4 is 0 Å². The summed E-state index contributed by atoms with van der Waals surface area (Å²) in [5, 5.41) is 13.0. The van der Waals surface area contributed by atoms with Crippen LogP contribution in [0.15, 0.2) is 12.4 Å². The second kappa shape index (κ2) is 2.09. The molecule has 53 valence electrons. The van der Waals surface area contributed by atoms with E-state index in [1.807, 2.05) is 10.9 Å². The van der Waals surface area contributed by atoms with Crippen LogP contribution in [0.2, 0.25) is 0 Å². The quantitative estimate of drug-likeness (QED) is 0.607. The fourth-order valence-electron chi connectivity index (χ4n) is 1.22. The SMILES string of the molecule is OC1CC(n2c[c]cn2)C1. The highest BCUT2D eigenvalue weighted by Gasteiger charge is 2.28. The fraction of sp³-hybridized carbons (Fsp3) is 0.571. The summed E-state index contributed by atoms with van der Waals surface area (Å²) >= 11 is 0. The van der Waals surface area contributed by atoms with Crippen molar-refractivity contribution in [2.24, 2.45) is 0 Å². The Hall–Kier alpha value is -0.830. The summed E-state index contributed by atoms with van der Waals surface area (Å²) in [7, 11) is 0. The van der Waals surface area contributed by atoms with E-state index in [4.69, 9.17) is 5.11 Å². The maximum atomic E-state index is 8.97.